The van der Waals surface area contributed by atoms with E-state index in [4.69, 9.17) is 37.0 Å². The van der Waals surface area contributed by atoms with Crippen molar-refractivity contribution in [1.82, 2.24) is 39.0 Å². The van der Waals surface area contributed by atoms with Crippen LogP contribution in [0.25, 0.3) is 22.3 Å². The van der Waals surface area contributed by atoms with E-state index >= 15 is 0 Å². The van der Waals surface area contributed by atoms with Gasteiger partial charge in [0.05, 0.1) is 25.9 Å². The van der Waals surface area contributed by atoms with E-state index in [0.717, 1.165) is 0 Å². The number of nitrogens with zero attached hydrogens (tertiary/aromatic N) is 8. The Labute approximate surface area is 405 Å². The third kappa shape index (κ3) is 12.1. The first-order valence-electron chi connectivity index (χ1n) is 20.6. The maximum absolute atomic E-state index is 12.2. The molecular weight excluding hydrogens is 946 g/mol. The smallest absolute Gasteiger partial charge is 0.756 e. The van der Waals surface area contributed by atoms with Crippen molar-refractivity contribution < 1.29 is 80.6 Å². The first kappa shape index (κ1) is 53.3. The van der Waals surface area contributed by atoms with E-state index in [1.165, 1.54) is 34.4 Å². The molecule has 2 amide bonds. The van der Waals surface area contributed by atoms with E-state index in [9.17, 15) is 38.1 Å². The Morgan fingerprint density at radius 1 is 0.652 bits per heavy atom. The van der Waals surface area contributed by atoms with E-state index in [1.807, 2.05) is 27.7 Å². The third-order valence-corrected chi connectivity index (χ3v) is 12.0. The van der Waals surface area contributed by atoms with Crippen LogP contribution in [0.2, 0.25) is 0 Å². The van der Waals surface area contributed by atoms with Crippen molar-refractivity contribution in [2.45, 2.75) is 128 Å². The number of rotatable bonds is 14. The predicted octanol–water partition coefficient (Wildman–Crippen LogP) is 0.911. The number of anilines is 2. The van der Waals surface area contributed by atoms with E-state index in [-0.39, 0.29) is 92.7 Å². The van der Waals surface area contributed by atoms with Gasteiger partial charge in [0.15, 0.2) is 58.6 Å². The molecule has 27 nitrogen and oxygen atoms in total. The van der Waals surface area contributed by atoms with Crippen molar-refractivity contribution in [1.29, 1.82) is 0 Å². The van der Waals surface area contributed by atoms with Gasteiger partial charge in [-0.3, -0.25) is 37.4 Å². The van der Waals surface area contributed by atoms with Crippen molar-refractivity contribution in [3.05, 3.63) is 25.3 Å². The molecule has 4 unspecified atom stereocenters. The van der Waals surface area contributed by atoms with Crippen LogP contribution in [-0.2, 0) is 65.4 Å². The molecule has 8 rings (SSSR count). The minimum Gasteiger partial charge on any atom is -0.756 e. The van der Waals surface area contributed by atoms with Crippen LogP contribution in [0.15, 0.2) is 25.3 Å². The van der Waals surface area contributed by atoms with Gasteiger partial charge in [-0.1, -0.05) is 27.7 Å². The van der Waals surface area contributed by atoms with Crippen molar-refractivity contribution in [2.75, 3.05) is 23.8 Å². The zero-order chi connectivity index (χ0) is 45.8. The second-order valence-corrected chi connectivity index (χ2v) is 17.6. The number of phosphoric acid groups is 2. The van der Waals surface area contributed by atoms with Crippen molar-refractivity contribution >= 4 is 111 Å². The van der Waals surface area contributed by atoms with Gasteiger partial charge < -0.3 is 62.9 Å². The van der Waals surface area contributed by atoms with E-state index in [0.29, 0.717) is 60.9 Å². The van der Waals surface area contributed by atoms with Gasteiger partial charge >= 0.3 is 49.7 Å². The fourth-order valence-electron chi connectivity index (χ4n) is 7.26. The van der Waals surface area contributed by atoms with E-state index in [2.05, 4.69) is 40.5 Å². The monoisotopic (exact) mass is 994 g/mol. The fraction of sp³-hybridized carbons (Fsp3) is 0.611. The SMILES string of the molecule is CCCC(=O)Nc1ncnc2c1ncn2[C@@H]1OC2COP(=O)([O-])O[C@H]2[C@H]1OC(=O)CCC.CCCC(=O)Nc1ncnc2c1ncn2[C@@H]1OC2COP(=O)([O-])O[C@H]2[C@H]1OC(=O)CCC.O.[Ca+2]. The average molecular weight is 995 g/mol. The Morgan fingerprint density at radius 3 is 1.39 bits per heavy atom. The van der Waals surface area contributed by atoms with Crippen LogP contribution in [0, 0.1) is 0 Å². The zero-order valence-corrected chi connectivity index (χ0v) is 40.2. The van der Waals surface area contributed by atoms with Crippen LogP contribution >= 0.6 is 15.6 Å². The van der Waals surface area contributed by atoms with Gasteiger partial charge in [0.2, 0.25) is 11.8 Å². The maximum atomic E-state index is 12.2. The molecule has 30 heteroatoms. The molecule has 4 aromatic heterocycles. The molecule has 4 saturated heterocycles. The first-order chi connectivity index (χ1) is 30.6. The Bertz CT molecular complexity index is 2300. The molecule has 4 N–H and O–H groups in total. The Kier molecular flexibility index (Phi) is 18.6. The second kappa shape index (κ2) is 23.1. The van der Waals surface area contributed by atoms with Gasteiger partial charge in [-0.2, -0.15) is 0 Å². The number of hydrogen-bond donors (Lipinski definition) is 2. The largest absolute Gasteiger partial charge is 2.00 e. The molecule has 0 saturated carbocycles. The number of amides is 2. The molecule has 66 heavy (non-hydrogen) atoms. The average Bonchev–Trinajstić information content (AvgIpc) is 4.02. The first-order valence-corrected chi connectivity index (χ1v) is 23.5. The van der Waals surface area contributed by atoms with Gasteiger partial charge in [-0.25, -0.2) is 29.9 Å². The standard InChI is InChI=1S/2C18H24N5O8P.Ca.H2O/c2*1-3-5-11(24)22-16-13-17(20-8-19-16)23(9-21-13)18-15(30-12(25)6-4-2)14-10(29-18)7-28-32(26,27)31-14;;/h2*8-10,14-15,18H,3-7H2,1-2H3,(H,26,27)(H,19,20,22,24);;1H2/q;;+2;/p-2/t2*10?,14-,15-,18-;;/m11../s1. The van der Waals surface area contributed by atoms with Crippen LogP contribution in [-0.4, -0.2) is 156 Å². The van der Waals surface area contributed by atoms with Crippen molar-refractivity contribution in [3.8, 4) is 0 Å². The number of imidazole rings is 2. The van der Waals surface area contributed by atoms with E-state index in [1.54, 1.807) is 0 Å². The minimum atomic E-state index is -4.55. The number of carbonyl (C=O) groups is 4. The quantitative estimate of drug-likeness (QED) is 0.101. The molecule has 0 spiro atoms. The van der Waals surface area contributed by atoms with Crippen LogP contribution < -0.4 is 20.4 Å². The molecule has 8 heterocycles. The molecule has 4 aliphatic rings. The summed E-state index contributed by atoms with van der Waals surface area (Å²) in [6, 6.07) is 0. The number of nitrogens with one attached hydrogen (secondary N) is 2. The molecule has 0 bridgehead atoms. The number of hydrogen-bond acceptors (Lipinski definition) is 22. The Hall–Kier alpha value is -3.66. The fourth-order valence-corrected chi connectivity index (χ4v) is 9.15. The normalized spacial score (nSPS) is 28.7. The van der Waals surface area contributed by atoms with Crippen LogP contribution in [0.5, 0.6) is 0 Å². The predicted molar refractivity (Wildman–Crippen MR) is 221 cm³/mol. The minimum absolute atomic E-state index is 0. The van der Waals surface area contributed by atoms with Crippen molar-refractivity contribution in [2.24, 2.45) is 0 Å². The number of carbonyl (C=O) groups excluding carboxylic acids is 4. The number of phosphoric ester groups is 2. The maximum Gasteiger partial charge on any atom is 2.00 e. The number of fused-ring (bicyclic) bond motifs is 4. The third-order valence-electron chi connectivity index (χ3n) is 10.0. The zero-order valence-electron chi connectivity index (χ0n) is 36.2. The molecule has 4 fully saturated rings. The van der Waals surface area contributed by atoms with Gasteiger partial charge in [0, 0.05) is 25.7 Å². The molecule has 4 aromatic rings. The summed E-state index contributed by atoms with van der Waals surface area (Å²) >= 11 is 0. The topological polar surface area (TPSA) is 365 Å². The van der Waals surface area contributed by atoms with Crippen LogP contribution in [0.3, 0.4) is 0 Å². The number of ether oxygens (including phenoxy) is 4. The number of esters is 2. The van der Waals surface area contributed by atoms with Gasteiger partial charge in [0.25, 0.3) is 15.6 Å². The van der Waals surface area contributed by atoms with Gasteiger partial charge in [-0.05, 0) is 25.7 Å². The summed E-state index contributed by atoms with van der Waals surface area (Å²) in [6.45, 7) is 6.85. The summed E-state index contributed by atoms with van der Waals surface area (Å²) < 4.78 is 69.4. The molecule has 4 aliphatic heterocycles. The summed E-state index contributed by atoms with van der Waals surface area (Å²) in [4.78, 5) is 97.4. The Balaban J connectivity index is 0.000000240. The molecular formula is C36H48CaN10O17P2. The summed E-state index contributed by atoms with van der Waals surface area (Å²) in [6.07, 6.45) is 0.808. The van der Waals surface area contributed by atoms with E-state index < -0.39 is 76.7 Å². The molecule has 0 radical (unpaired) electrons. The van der Waals surface area contributed by atoms with Crippen LogP contribution in [0.1, 0.15) is 91.5 Å². The molecule has 0 aromatic carbocycles. The van der Waals surface area contributed by atoms with Gasteiger partial charge in [-0.15, -0.1) is 0 Å². The number of aromatic nitrogens is 8. The second-order valence-electron chi connectivity index (χ2n) is 14.9. The summed E-state index contributed by atoms with van der Waals surface area (Å²) in [5, 5.41) is 5.39. The summed E-state index contributed by atoms with van der Waals surface area (Å²) in [7, 11) is -9.11. The van der Waals surface area contributed by atoms with Crippen LogP contribution in [0.4, 0.5) is 11.6 Å². The molecule has 10 atom stereocenters. The summed E-state index contributed by atoms with van der Waals surface area (Å²) in [5.41, 5.74) is 1.22. The Morgan fingerprint density at radius 2 is 1.03 bits per heavy atom. The summed E-state index contributed by atoms with van der Waals surface area (Å²) in [5.74, 6) is -1.01. The molecule has 356 valence electrons. The molecule has 0 aliphatic carbocycles. The van der Waals surface area contributed by atoms with Crippen molar-refractivity contribution in [3.63, 3.8) is 0 Å². The van der Waals surface area contributed by atoms with Gasteiger partial charge in [0.1, 0.15) is 37.1 Å².